The first-order chi connectivity index (χ1) is 9.61. The predicted octanol–water partition coefficient (Wildman–Crippen LogP) is 3.10. The van der Waals surface area contributed by atoms with Crippen molar-refractivity contribution in [2.45, 2.75) is 6.54 Å². The number of nitro groups is 1. The Bertz CT molecular complexity index is 663. The third-order valence-corrected chi connectivity index (χ3v) is 2.99. The second kappa shape index (κ2) is 5.85. The lowest BCUT2D eigenvalue weighted by atomic mass is 10.1. The van der Waals surface area contributed by atoms with Crippen LogP contribution >= 0.6 is 0 Å². The highest BCUT2D eigenvalue weighted by Crippen LogP contribution is 2.25. The van der Waals surface area contributed by atoms with Gasteiger partial charge >= 0.3 is 0 Å². The van der Waals surface area contributed by atoms with Crippen LogP contribution < -0.4 is 4.90 Å². The fourth-order valence-electron chi connectivity index (χ4n) is 2.00. The number of hydrogen-bond donors (Lipinski definition) is 0. The Hall–Kier alpha value is -2.87. The van der Waals surface area contributed by atoms with Gasteiger partial charge in [0.25, 0.3) is 5.69 Å². The molecular formula is C15H13N3O2. The minimum absolute atomic E-state index is 0.0709. The van der Waals surface area contributed by atoms with E-state index in [0.29, 0.717) is 17.8 Å². The smallest absolute Gasteiger partial charge is 0.270 e. The van der Waals surface area contributed by atoms with Crippen LogP contribution in [-0.2, 0) is 6.54 Å². The predicted molar refractivity (Wildman–Crippen MR) is 76.4 cm³/mol. The molecule has 0 N–H and O–H groups in total. The lowest BCUT2D eigenvalue weighted by Gasteiger charge is -2.20. The number of nitriles is 1. The molecule has 0 radical (unpaired) electrons. The van der Waals surface area contributed by atoms with Crippen LogP contribution in [0.15, 0.2) is 48.5 Å². The lowest BCUT2D eigenvalue weighted by Crippen LogP contribution is -2.17. The minimum Gasteiger partial charge on any atom is -0.369 e. The van der Waals surface area contributed by atoms with E-state index >= 15 is 0 Å². The molecule has 0 bridgehead atoms. The van der Waals surface area contributed by atoms with Gasteiger partial charge in [0, 0.05) is 25.7 Å². The highest BCUT2D eigenvalue weighted by atomic mass is 16.6. The summed E-state index contributed by atoms with van der Waals surface area (Å²) in [5, 5.41) is 19.9. The summed E-state index contributed by atoms with van der Waals surface area (Å²) in [6.45, 7) is 0.632. The molecule has 0 fully saturated rings. The number of non-ortho nitro benzene ring substituents is 1. The van der Waals surface area contributed by atoms with Gasteiger partial charge in [-0.3, -0.25) is 10.1 Å². The molecule has 20 heavy (non-hydrogen) atoms. The highest BCUT2D eigenvalue weighted by Gasteiger charge is 2.13. The Labute approximate surface area is 116 Å². The summed E-state index contributed by atoms with van der Waals surface area (Å²) in [6, 6.07) is 16.2. The molecule has 0 aliphatic heterocycles. The average Bonchev–Trinajstić information content (AvgIpc) is 2.47. The first-order valence-electron chi connectivity index (χ1n) is 6.05. The van der Waals surface area contributed by atoms with Crippen LogP contribution in [0.2, 0.25) is 0 Å². The van der Waals surface area contributed by atoms with Gasteiger partial charge in [0.2, 0.25) is 0 Å². The van der Waals surface area contributed by atoms with Crippen molar-refractivity contribution >= 4 is 11.4 Å². The molecule has 0 heterocycles. The number of benzene rings is 2. The molecule has 5 heteroatoms. The molecule has 0 amide bonds. The summed E-state index contributed by atoms with van der Waals surface area (Å²) in [5.74, 6) is 0. The summed E-state index contributed by atoms with van der Waals surface area (Å²) >= 11 is 0. The molecule has 2 aromatic carbocycles. The first-order valence-corrected chi connectivity index (χ1v) is 6.05. The van der Waals surface area contributed by atoms with Gasteiger partial charge in [0.1, 0.15) is 6.07 Å². The fourth-order valence-corrected chi connectivity index (χ4v) is 2.00. The standard InChI is InChI=1S/C15H13N3O2/c1-17(11-12-5-3-2-4-6-12)15-8-7-14(18(19)20)9-13(15)10-16/h2-9H,11H2,1H3. The molecule has 5 nitrogen and oxygen atoms in total. The number of anilines is 1. The van der Waals surface area contributed by atoms with Crippen molar-refractivity contribution in [1.82, 2.24) is 0 Å². The Kier molecular flexibility index (Phi) is 3.96. The van der Waals surface area contributed by atoms with Crippen LogP contribution in [0.1, 0.15) is 11.1 Å². The van der Waals surface area contributed by atoms with Gasteiger partial charge in [0.15, 0.2) is 0 Å². The molecule has 0 unspecified atom stereocenters. The van der Waals surface area contributed by atoms with Gasteiger partial charge in [-0.1, -0.05) is 30.3 Å². The van der Waals surface area contributed by atoms with Crippen molar-refractivity contribution in [3.8, 4) is 6.07 Å². The molecule has 2 aromatic rings. The van der Waals surface area contributed by atoms with Crippen molar-refractivity contribution < 1.29 is 4.92 Å². The normalized spacial score (nSPS) is 9.80. The van der Waals surface area contributed by atoms with E-state index in [2.05, 4.69) is 0 Å². The van der Waals surface area contributed by atoms with Gasteiger partial charge in [0.05, 0.1) is 16.2 Å². The van der Waals surface area contributed by atoms with E-state index in [4.69, 9.17) is 5.26 Å². The van der Waals surface area contributed by atoms with Crippen molar-refractivity contribution in [2.75, 3.05) is 11.9 Å². The SMILES string of the molecule is CN(Cc1ccccc1)c1ccc([N+](=O)[O-])cc1C#N. The summed E-state index contributed by atoms with van der Waals surface area (Å²) in [5.41, 5.74) is 2.02. The van der Waals surface area contributed by atoms with E-state index in [9.17, 15) is 10.1 Å². The third kappa shape index (κ3) is 2.93. The van der Waals surface area contributed by atoms with Gasteiger partial charge in [-0.2, -0.15) is 5.26 Å². The van der Waals surface area contributed by atoms with E-state index in [1.165, 1.54) is 12.1 Å². The van der Waals surface area contributed by atoms with Gasteiger partial charge in [-0.25, -0.2) is 0 Å². The summed E-state index contributed by atoms with van der Waals surface area (Å²) in [7, 11) is 1.86. The van der Waals surface area contributed by atoms with Crippen molar-refractivity contribution in [3.05, 3.63) is 69.8 Å². The zero-order valence-corrected chi connectivity index (χ0v) is 11.0. The minimum atomic E-state index is -0.498. The Morgan fingerprint density at radius 2 is 1.95 bits per heavy atom. The van der Waals surface area contributed by atoms with Crippen LogP contribution in [0.25, 0.3) is 0 Å². The molecule has 0 atom stereocenters. The lowest BCUT2D eigenvalue weighted by molar-refractivity contribution is -0.384. The second-order valence-electron chi connectivity index (χ2n) is 4.41. The molecular weight excluding hydrogens is 254 g/mol. The third-order valence-electron chi connectivity index (χ3n) is 2.99. The number of nitrogens with zero attached hydrogens (tertiary/aromatic N) is 3. The van der Waals surface area contributed by atoms with Crippen molar-refractivity contribution in [2.24, 2.45) is 0 Å². The van der Waals surface area contributed by atoms with Crippen LogP contribution in [-0.4, -0.2) is 12.0 Å². The first kappa shape index (κ1) is 13.6. The Balaban J connectivity index is 2.28. The fraction of sp³-hybridized carbons (Fsp3) is 0.133. The zero-order valence-electron chi connectivity index (χ0n) is 11.0. The molecule has 0 aliphatic rings. The van der Waals surface area contributed by atoms with Crippen LogP contribution in [0.3, 0.4) is 0 Å². The van der Waals surface area contributed by atoms with Crippen LogP contribution in [0.4, 0.5) is 11.4 Å². The van der Waals surface area contributed by atoms with Crippen LogP contribution in [0, 0.1) is 21.4 Å². The maximum Gasteiger partial charge on any atom is 0.270 e. The molecule has 2 rings (SSSR count). The molecule has 0 spiro atoms. The van der Waals surface area contributed by atoms with Crippen molar-refractivity contribution in [1.29, 1.82) is 5.26 Å². The van der Waals surface area contributed by atoms with E-state index in [-0.39, 0.29) is 5.69 Å². The number of hydrogen-bond acceptors (Lipinski definition) is 4. The van der Waals surface area contributed by atoms with Gasteiger partial charge in [-0.15, -0.1) is 0 Å². The molecule has 0 aliphatic carbocycles. The zero-order chi connectivity index (χ0) is 14.5. The quantitative estimate of drug-likeness (QED) is 0.630. The number of nitro benzene ring substituents is 1. The Morgan fingerprint density at radius 1 is 1.25 bits per heavy atom. The number of rotatable bonds is 4. The Morgan fingerprint density at radius 3 is 2.55 bits per heavy atom. The molecule has 0 saturated carbocycles. The van der Waals surface area contributed by atoms with E-state index in [1.54, 1.807) is 6.07 Å². The average molecular weight is 267 g/mol. The molecule has 0 saturated heterocycles. The van der Waals surface area contributed by atoms with Gasteiger partial charge < -0.3 is 4.90 Å². The topological polar surface area (TPSA) is 70.2 Å². The monoisotopic (exact) mass is 267 g/mol. The highest BCUT2D eigenvalue weighted by molar-refractivity contribution is 5.62. The molecule has 0 aromatic heterocycles. The van der Waals surface area contributed by atoms with Gasteiger partial charge in [-0.05, 0) is 11.6 Å². The summed E-state index contributed by atoms with van der Waals surface area (Å²) in [4.78, 5) is 12.1. The van der Waals surface area contributed by atoms with Crippen LogP contribution in [0.5, 0.6) is 0 Å². The maximum absolute atomic E-state index is 10.7. The second-order valence-corrected chi connectivity index (χ2v) is 4.41. The molecule has 100 valence electrons. The van der Waals surface area contributed by atoms with E-state index < -0.39 is 4.92 Å². The van der Waals surface area contributed by atoms with Crippen molar-refractivity contribution in [3.63, 3.8) is 0 Å². The summed E-state index contributed by atoms with van der Waals surface area (Å²) in [6.07, 6.45) is 0. The maximum atomic E-state index is 10.7. The van der Waals surface area contributed by atoms with E-state index in [1.807, 2.05) is 48.3 Å². The van der Waals surface area contributed by atoms with E-state index in [0.717, 1.165) is 5.56 Å². The largest absolute Gasteiger partial charge is 0.369 e. The summed E-state index contributed by atoms with van der Waals surface area (Å²) < 4.78 is 0.